The number of aromatic amines is 1. The monoisotopic (exact) mass is 397 g/mol. The van der Waals surface area contributed by atoms with Gasteiger partial charge in [-0.2, -0.15) is 0 Å². The lowest BCUT2D eigenvalue weighted by Crippen LogP contribution is -2.31. The first-order valence-corrected chi connectivity index (χ1v) is 9.67. The fourth-order valence-corrected chi connectivity index (χ4v) is 3.69. The topological polar surface area (TPSA) is 57.7 Å². The average molecular weight is 397 g/mol. The van der Waals surface area contributed by atoms with E-state index in [1.165, 1.54) is 7.11 Å². The highest BCUT2D eigenvalue weighted by Crippen LogP contribution is 2.39. The number of rotatable bonds is 4. The molecule has 1 aliphatic rings. The van der Waals surface area contributed by atoms with Crippen LogP contribution in [0, 0.1) is 13.8 Å². The summed E-state index contributed by atoms with van der Waals surface area (Å²) >= 11 is 0. The molecule has 0 bridgehead atoms. The predicted octanol–water partition coefficient (Wildman–Crippen LogP) is 5.23. The Morgan fingerprint density at radius 2 is 1.77 bits per heavy atom. The number of hydrogen-bond donors (Lipinski definition) is 1. The van der Waals surface area contributed by atoms with Crippen molar-refractivity contribution in [3.63, 3.8) is 0 Å². The minimum absolute atomic E-state index is 0.179. The number of anilines is 1. The maximum Gasteiger partial charge on any atom is 0.230 e. The van der Waals surface area contributed by atoms with Gasteiger partial charge in [0.05, 0.1) is 18.5 Å². The summed E-state index contributed by atoms with van der Waals surface area (Å²) in [5.41, 5.74) is 6.27. The molecule has 0 atom stereocenters. The van der Waals surface area contributed by atoms with Gasteiger partial charge in [-0.25, -0.2) is 4.99 Å². The van der Waals surface area contributed by atoms with Crippen LogP contribution in [0.25, 0.3) is 11.8 Å². The zero-order chi connectivity index (χ0) is 21.3. The molecule has 2 aromatic carbocycles. The van der Waals surface area contributed by atoms with Gasteiger partial charge in [0.25, 0.3) is 0 Å². The smallest absolute Gasteiger partial charge is 0.230 e. The summed E-state index contributed by atoms with van der Waals surface area (Å²) in [4.78, 5) is 22.4. The van der Waals surface area contributed by atoms with Crippen LogP contribution in [0.4, 0.5) is 11.4 Å². The number of para-hydroxylation sites is 2. The van der Waals surface area contributed by atoms with Crippen molar-refractivity contribution in [1.82, 2.24) is 4.98 Å². The third-order valence-electron chi connectivity index (χ3n) is 5.18. The van der Waals surface area contributed by atoms with Crippen molar-refractivity contribution in [1.29, 1.82) is 0 Å². The highest BCUT2D eigenvalue weighted by molar-refractivity contribution is 6.19. The first-order valence-electron chi connectivity index (χ1n) is 9.67. The van der Waals surface area contributed by atoms with Crippen molar-refractivity contribution < 1.29 is 4.74 Å². The van der Waals surface area contributed by atoms with Gasteiger partial charge < -0.3 is 9.72 Å². The molecule has 0 fully saturated rings. The summed E-state index contributed by atoms with van der Waals surface area (Å²) in [5, 5.41) is 0. The molecule has 150 valence electrons. The number of aliphatic imine (C=N–C) groups is 1. The first-order chi connectivity index (χ1) is 14.5. The molecule has 5 nitrogen and oxygen atoms in total. The van der Waals surface area contributed by atoms with Crippen LogP contribution in [0.5, 0.6) is 5.75 Å². The van der Waals surface area contributed by atoms with Gasteiger partial charge in [-0.1, -0.05) is 43.0 Å². The van der Waals surface area contributed by atoms with Crippen molar-refractivity contribution >= 4 is 29.0 Å². The van der Waals surface area contributed by atoms with Crippen LogP contribution >= 0.6 is 0 Å². The van der Waals surface area contributed by atoms with E-state index >= 15 is 0 Å². The molecule has 30 heavy (non-hydrogen) atoms. The summed E-state index contributed by atoms with van der Waals surface area (Å²) in [5.74, 6) is 0.961. The highest BCUT2D eigenvalue weighted by Gasteiger charge is 2.25. The Morgan fingerprint density at radius 3 is 2.50 bits per heavy atom. The van der Waals surface area contributed by atoms with E-state index in [1.54, 1.807) is 18.5 Å². The molecule has 1 N–H and O–H groups in total. The summed E-state index contributed by atoms with van der Waals surface area (Å²) < 4.78 is 5.13. The van der Waals surface area contributed by atoms with E-state index in [0.717, 1.165) is 33.8 Å². The van der Waals surface area contributed by atoms with Crippen LogP contribution in [0.15, 0.2) is 77.3 Å². The maximum atomic E-state index is 12.5. The number of nitrogens with zero attached hydrogens (tertiary/aromatic N) is 2. The fourth-order valence-electron chi connectivity index (χ4n) is 3.69. The molecule has 3 aromatic rings. The van der Waals surface area contributed by atoms with Crippen LogP contribution in [0.3, 0.4) is 0 Å². The molecule has 0 amide bonds. The molecule has 4 rings (SSSR count). The predicted molar refractivity (Wildman–Crippen MR) is 124 cm³/mol. The Hall–Kier alpha value is -3.86. The van der Waals surface area contributed by atoms with Crippen molar-refractivity contribution in [2.45, 2.75) is 13.8 Å². The Labute approximate surface area is 175 Å². The molecular formula is C25H23N3O2. The summed E-state index contributed by atoms with van der Waals surface area (Å²) in [7, 11) is 1.48. The molecule has 0 radical (unpaired) electrons. The zero-order valence-corrected chi connectivity index (χ0v) is 17.3. The second kappa shape index (κ2) is 7.87. The average Bonchev–Trinajstić information content (AvgIpc) is 2.74. The number of aromatic nitrogens is 1. The zero-order valence-electron chi connectivity index (χ0n) is 17.3. The number of nitrogens with one attached hydrogen (secondary N) is 1. The minimum Gasteiger partial charge on any atom is -0.491 e. The number of aryl methyl sites for hydroxylation is 2. The first kappa shape index (κ1) is 19.5. The van der Waals surface area contributed by atoms with Gasteiger partial charge in [0, 0.05) is 29.2 Å². The number of methoxy groups -OCH3 is 1. The van der Waals surface area contributed by atoms with Gasteiger partial charge in [0.2, 0.25) is 5.43 Å². The lowest BCUT2D eigenvalue weighted by atomic mass is 10.0. The minimum atomic E-state index is -0.179. The van der Waals surface area contributed by atoms with Crippen molar-refractivity contribution in [2.24, 2.45) is 4.99 Å². The van der Waals surface area contributed by atoms with E-state index in [-0.39, 0.29) is 11.2 Å². The van der Waals surface area contributed by atoms with E-state index in [4.69, 9.17) is 9.73 Å². The lowest BCUT2D eigenvalue weighted by molar-refractivity contribution is 0.409. The highest BCUT2D eigenvalue weighted by atomic mass is 16.5. The SMILES string of the molecule is C=C1c2ccccc2N=C(/C=C/c2c[nH]cc(OC)c2=O)N1c1c(C)cccc1C. The summed E-state index contributed by atoms with van der Waals surface area (Å²) in [6.45, 7) is 8.52. The van der Waals surface area contributed by atoms with Gasteiger partial charge in [-0.3, -0.25) is 9.69 Å². The van der Waals surface area contributed by atoms with E-state index in [0.29, 0.717) is 11.4 Å². The van der Waals surface area contributed by atoms with Gasteiger partial charge in [-0.05, 0) is 43.2 Å². The van der Waals surface area contributed by atoms with Crippen LogP contribution in [0.2, 0.25) is 0 Å². The normalized spacial score (nSPS) is 13.4. The van der Waals surface area contributed by atoms with E-state index in [2.05, 4.69) is 42.4 Å². The standard InChI is InChI=1S/C25H23N3O2/c1-16-8-7-9-17(2)24(16)28-18(3)20-10-5-6-11-21(20)27-23(28)13-12-19-14-26-15-22(30-4)25(19)29/h5-15H,3H2,1-2,4H3,(H,26,29)/b13-12+. The van der Waals surface area contributed by atoms with Crippen molar-refractivity contribution in [3.05, 3.63) is 100.0 Å². The Morgan fingerprint density at radius 1 is 1.03 bits per heavy atom. The van der Waals surface area contributed by atoms with E-state index < -0.39 is 0 Å². The Balaban J connectivity index is 1.87. The number of hydrogen-bond acceptors (Lipinski definition) is 4. The van der Waals surface area contributed by atoms with Crippen LogP contribution in [0.1, 0.15) is 22.3 Å². The molecule has 1 aromatic heterocycles. The third-order valence-corrected chi connectivity index (χ3v) is 5.18. The molecule has 5 heteroatoms. The van der Waals surface area contributed by atoms with Gasteiger partial charge >= 0.3 is 0 Å². The number of benzene rings is 2. The van der Waals surface area contributed by atoms with E-state index in [1.807, 2.05) is 36.4 Å². The van der Waals surface area contributed by atoms with Crippen molar-refractivity contribution in [3.8, 4) is 5.75 Å². The Kier molecular flexibility index (Phi) is 5.11. The summed E-state index contributed by atoms with van der Waals surface area (Å²) in [6, 6.07) is 14.1. The summed E-state index contributed by atoms with van der Waals surface area (Å²) in [6.07, 6.45) is 6.79. The van der Waals surface area contributed by atoms with Gasteiger partial charge in [0.1, 0.15) is 5.84 Å². The van der Waals surface area contributed by atoms with Crippen LogP contribution in [-0.4, -0.2) is 17.9 Å². The Bertz CT molecular complexity index is 1230. The van der Waals surface area contributed by atoms with E-state index in [9.17, 15) is 4.79 Å². The van der Waals surface area contributed by atoms with Crippen LogP contribution in [-0.2, 0) is 0 Å². The van der Waals surface area contributed by atoms with Gasteiger partial charge in [0.15, 0.2) is 5.75 Å². The number of fused-ring (bicyclic) bond motifs is 1. The quantitative estimate of drug-likeness (QED) is 0.655. The second-order valence-electron chi connectivity index (χ2n) is 7.15. The molecule has 0 saturated heterocycles. The van der Waals surface area contributed by atoms with Crippen molar-refractivity contribution in [2.75, 3.05) is 12.0 Å². The number of ether oxygens (including phenoxy) is 1. The fraction of sp³-hybridized carbons (Fsp3) is 0.120. The molecule has 0 unspecified atom stereocenters. The number of pyridine rings is 1. The van der Waals surface area contributed by atoms with Crippen LogP contribution < -0.4 is 15.1 Å². The number of H-pyrrole nitrogens is 1. The third kappa shape index (κ3) is 3.35. The molecule has 0 aliphatic carbocycles. The molecule has 2 heterocycles. The molecular weight excluding hydrogens is 374 g/mol. The number of amidine groups is 1. The molecule has 0 saturated carbocycles. The lowest BCUT2D eigenvalue weighted by Gasteiger charge is -2.33. The second-order valence-corrected chi connectivity index (χ2v) is 7.15. The molecule has 0 spiro atoms. The maximum absolute atomic E-state index is 12.5. The van der Waals surface area contributed by atoms with Gasteiger partial charge in [-0.15, -0.1) is 0 Å². The largest absolute Gasteiger partial charge is 0.491 e. The molecule has 1 aliphatic heterocycles.